The first-order valence-corrected chi connectivity index (χ1v) is 9.96. The third-order valence-corrected chi connectivity index (χ3v) is 5.28. The van der Waals surface area contributed by atoms with E-state index in [9.17, 15) is 9.90 Å². The van der Waals surface area contributed by atoms with E-state index in [0.717, 1.165) is 49.7 Å². The minimum atomic E-state index is -0.419. The van der Waals surface area contributed by atoms with Gasteiger partial charge in [0.15, 0.2) is 0 Å². The minimum absolute atomic E-state index is 0.0478. The highest BCUT2D eigenvalue weighted by Gasteiger charge is 2.23. The molecule has 1 fully saturated rings. The first-order valence-electron chi connectivity index (χ1n) is 9.96. The molecule has 1 aliphatic rings. The molecule has 0 saturated carbocycles. The molecule has 2 aromatic rings. The molecule has 1 atom stereocenters. The van der Waals surface area contributed by atoms with Crippen LogP contribution in [0.3, 0.4) is 0 Å². The van der Waals surface area contributed by atoms with Gasteiger partial charge in [-0.2, -0.15) is 0 Å². The smallest absolute Gasteiger partial charge is 0.213 e. The molecule has 8 nitrogen and oxygen atoms in total. The van der Waals surface area contributed by atoms with Crippen LogP contribution in [0.1, 0.15) is 40.7 Å². The Kier molecular flexibility index (Phi) is 7.75. The Balaban J connectivity index is 1.61. The molecule has 0 amide bonds. The van der Waals surface area contributed by atoms with Gasteiger partial charge in [-0.15, -0.1) is 0 Å². The molecular formula is C22H27N3O5. The van der Waals surface area contributed by atoms with Gasteiger partial charge in [0.2, 0.25) is 11.7 Å². The number of pyridine rings is 1. The van der Waals surface area contributed by atoms with Gasteiger partial charge in [-0.1, -0.05) is 23.7 Å². The van der Waals surface area contributed by atoms with E-state index in [4.69, 9.17) is 14.7 Å². The first-order chi connectivity index (χ1) is 14.6. The number of aromatic nitrogens is 1. The van der Waals surface area contributed by atoms with Gasteiger partial charge in [-0.05, 0) is 37.1 Å². The van der Waals surface area contributed by atoms with Crippen molar-refractivity contribution in [2.75, 3.05) is 20.3 Å². The van der Waals surface area contributed by atoms with E-state index in [0.29, 0.717) is 23.8 Å². The summed E-state index contributed by atoms with van der Waals surface area (Å²) in [6, 6.07) is 9.40. The number of carbonyl (C=O) groups excluding carboxylic acids is 1. The molecule has 1 aromatic heterocycles. The number of ketones is 1. The molecule has 0 radical (unpaired) electrons. The molecule has 1 saturated heterocycles. The zero-order valence-electron chi connectivity index (χ0n) is 17.0. The van der Waals surface area contributed by atoms with Gasteiger partial charge >= 0.3 is 0 Å². The highest BCUT2D eigenvalue weighted by atomic mass is 16.5. The number of aliphatic hydroxyl groups excluding tert-OH is 1. The standard InChI is InChI=1S/C22H27N3O5/c1-29-21-10-16(5-6-18(21)14-26)13-25-9-3-2-4-19(25)15-30-22-8-7-17(11-23-22)20(27)12-24-28/h5-8,10-12,19,26,28H,2-4,9,13-15H2,1H3/b24-12+. The highest BCUT2D eigenvalue weighted by molar-refractivity contribution is 6.35. The minimum Gasteiger partial charge on any atom is -0.496 e. The van der Waals surface area contributed by atoms with E-state index in [-0.39, 0.29) is 12.6 Å². The first kappa shape index (κ1) is 21.7. The summed E-state index contributed by atoms with van der Waals surface area (Å²) < 4.78 is 11.3. The van der Waals surface area contributed by atoms with E-state index in [1.165, 1.54) is 6.20 Å². The molecule has 2 N–H and O–H groups in total. The van der Waals surface area contributed by atoms with Crippen LogP contribution >= 0.6 is 0 Å². The van der Waals surface area contributed by atoms with Crippen molar-refractivity contribution in [1.82, 2.24) is 9.88 Å². The molecule has 30 heavy (non-hydrogen) atoms. The summed E-state index contributed by atoms with van der Waals surface area (Å²) in [6.45, 7) is 2.22. The van der Waals surface area contributed by atoms with E-state index in [1.54, 1.807) is 19.2 Å². The fraction of sp³-hybridized carbons (Fsp3) is 0.409. The lowest BCUT2D eigenvalue weighted by molar-refractivity contribution is 0.0913. The molecule has 1 unspecified atom stereocenters. The Morgan fingerprint density at radius 3 is 2.90 bits per heavy atom. The predicted octanol–water partition coefficient (Wildman–Crippen LogP) is 2.66. The second kappa shape index (κ2) is 10.7. The molecule has 3 rings (SSSR count). The van der Waals surface area contributed by atoms with Gasteiger partial charge in [-0.3, -0.25) is 9.69 Å². The number of rotatable bonds is 9. The third kappa shape index (κ3) is 5.55. The van der Waals surface area contributed by atoms with Crippen molar-refractivity contribution in [2.24, 2.45) is 5.16 Å². The van der Waals surface area contributed by atoms with Gasteiger partial charge in [0.1, 0.15) is 18.6 Å². The van der Waals surface area contributed by atoms with Gasteiger partial charge in [0, 0.05) is 36.0 Å². The number of hydrogen-bond donors (Lipinski definition) is 2. The van der Waals surface area contributed by atoms with Crippen LogP contribution in [0.15, 0.2) is 41.7 Å². The lowest BCUT2D eigenvalue weighted by Crippen LogP contribution is -2.42. The van der Waals surface area contributed by atoms with Crippen LogP contribution in [0.5, 0.6) is 11.6 Å². The monoisotopic (exact) mass is 413 g/mol. The number of nitrogens with zero attached hydrogens (tertiary/aromatic N) is 3. The summed E-state index contributed by atoms with van der Waals surface area (Å²) in [5.74, 6) is 0.731. The molecule has 1 aromatic carbocycles. The average Bonchev–Trinajstić information content (AvgIpc) is 2.79. The summed E-state index contributed by atoms with van der Waals surface area (Å²) in [5.41, 5.74) is 2.24. The molecule has 8 heteroatoms. The fourth-order valence-corrected chi connectivity index (χ4v) is 3.63. The molecule has 0 bridgehead atoms. The van der Waals surface area contributed by atoms with Gasteiger partial charge in [-0.25, -0.2) is 4.98 Å². The quantitative estimate of drug-likeness (QED) is 0.282. The fourth-order valence-electron chi connectivity index (χ4n) is 3.63. The average molecular weight is 413 g/mol. The summed E-state index contributed by atoms with van der Waals surface area (Å²) in [7, 11) is 1.61. The maximum Gasteiger partial charge on any atom is 0.213 e. The molecule has 0 aliphatic carbocycles. The number of benzene rings is 1. The Labute approximate surface area is 175 Å². The van der Waals surface area contributed by atoms with Crippen LogP contribution in [0, 0.1) is 0 Å². The number of Topliss-reactive ketones (excluding diaryl/α,β-unsaturated/α-hetero) is 1. The number of methoxy groups -OCH3 is 1. The van der Waals surface area contributed by atoms with Gasteiger partial charge in [0.05, 0.1) is 13.7 Å². The van der Waals surface area contributed by atoms with Crippen LogP contribution in [-0.4, -0.2) is 58.5 Å². The zero-order valence-corrected chi connectivity index (χ0v) is 17.0. The summed E-state index contributed by atoms with van der Waals surface area (Å²) in [6.07, 6.45) is 5.57. The van der Waals surface area contributed by atoms with Crippen molar-refractivity contribution in [2.45, 2.75) is 38.5 Å². The number of hydrogen-bond acceptors (Lipinski definition) is 8. The van der Waals surface area contributed by atoms with Gasteiger partial charge < -0.3 is 19.8 Å². The number of ether oxygens (including phenoxy) is 2. The second-order valence-electron chi connectivity index (χ2n) is 7.23. The summed E-state index contributed by atoms with van der Waals surface area (Å²) in [4.78, 5) is 18.2. The number of carbonyl (C=O) groups is 1. The van der Waals surface area contributed by atoms with Crippen molar-refractivity contribution in [3.63, 3.8) is 0 Å². The van der Waals surface area contributed by atoms with Crippen LogP contribution < -0.4 is 9.47 Å². The van der Waals surface area contributed by atoms with Crippen molar-refractivity contribution < 1.29 is 24.6 Å². The number of aliphatic hydroxyl groups is 1. The van der Waals surface area contributed by atoms with Crippen molar-refractivity contribution >= 4 is 12.0 Å². The Morgan fingerprint density at radius 1 is 1.33 bits per heavy atom. The van der Waals surface area contributed by atoms with E-state index < -0.39 is 5.78 Å². The van der Waals surface area contributed by atoms with E-state index in [1.807, 2.05) is 18.2 Å². The van der Waals surface area contributed by atoms with Crippen molar-refractivity contribution in [1.29, 1.82) is 0 Å². The number of piperidine rings is 1. The SMILES string of the molecule is COc1cc(CN2CCCCC2COc2ccc(C(=O)/C=N/O)cn2)ccc1CO. The highest BCUT2D eigenvalue weighted by Crippen LogP contribution is 2.24. The molecule has 2 heterocycles. The molecule has 0 spiro atoms. The Bertz CT molecular complexity index is 870. The molecular weight excluding hydrogens is 386 g/mol. The molecule has 160 valence electrons. The Hall–Kier alpha value is -2.97. The summed E-state index contributed by atoms with van der Waals surface area (Å²) >= 11 is 0. The topological polar surface area (TPSA) is 104 Å². The van der Waals surface area contributed by atoms with Crippen molar-refractivity contribution in [3.8, 4) is 11.6 Å². The Morgan fingerprint density at radius 2 is 2.20 bits per heavy atom. The van der Waals surface area contributed by atoms with Crippen LogP contribution in [0.25, 0.3) is 0 Å². The maximum atomic E-state index is 11.6. The summed E-state index contributed by atoms with van der Waals surface area (Å²) in [5, 5.41) is 20.6. The lowest BCUT2D eigenvalue weighted by atomic mass is 10.0. The largest absolute Gasteiger partial charge is 0.496 e. The predicted molar refractivity (Wildman–Crippen MR) is 111 cm³/mol. The normalized spacial score (nSPS) is 17.2. The van der Waals surface area contributed by atoms with Crippen LogP contribution in [-0.2, 0) is 13.2 Å². The lowest BCUT2D eigenvalue weighted by Gasteiger charge is -2.35. The van der Waals surface area contributed by atoms with E-state index in [2.05, 4.69) is 15.0 Å². The number of likely N-dealkylation sites (tertiary alicyclic amines) is 1. The van der Waals surface area contributed by atoms with Crippen molar-refractivity contribution in [3.05, 3.63) is 53.2 Å². The second-order valence-corrected chi connectivity index (χ2v) is 7.23. The van der Waals surface area contributed by atoms with Gasteiger partial charge in [0.25, 0.3) is 0 Å². The third-order valence-electron chi connectivity index (χ3n) is 5.28. The zero-order chi connectivity index (χ0) is 21.3. The molecule has 1 aliphatic heterocycles. The number of oxime groups is 1. The maximum absolute atomic E-state index is 11.6. The van der Waals surface area contributed by atoms with E-state index >= 15 is 0 Å². The van der Waals surface area contributed by atoms with Crippen LogP contribution in [0.2, 0.25) is 0 Å². The van der Waals surface area contributed by atoms with Crippen LogP contribution in [0.4, 0.5) is 0 Å².